The first kappa shape index (κ1) is 7.08. The predicted octanol–water partition coefficient (Wildman–Crippen LogP) is 0.0186. The van der Waals surface area contributed by atoms with E-state index in [1.165, 1.54) is 0 Å². The monoisotopic (exact) mass is 141 g/mol. The van der Waals surface area contributed by atoms with Gasteiger partial charge in [0.1, 0.15) is 0 Å². The summed E-state index contributed by atoms with van der Waals surface area (Å²) in [5, 5.41) is 12.6. The van der Waals surface area contributed by atoms with Gasteiger partial charge in [0.2, 0.25) is 0 Å². The SMILES string of the molecule is C[C@H](CO)n1cc(N)cn1. The summed E-state index contributed by atoms with van der Waals surface area (Å²) in [5.74, 6) is 0. The zero-order chi connectivity index (χ0) is 7.56. The van der Waals surface area contributed by atoms with Gasteiger partial charge in [0.15, 0.2) is 0 Å². The Bertz CT molecular complexity index is 209. The molecule has 4 heteroatoms. The highest BCUT2D eigenvalue weighted by Gasteiger charge is 2.01. The van der Waals surface area contributed by atoms with Crippen molar-refractivity contribution >= 4 is 5.69 Å². The van der Waals surface area contributed by atoms with Crippen LogP contribution in [-0.2, 0) is 0 Å². The molecule has 0 aliphatic carbocycles. The summed E-state index contributed by atoms with van der Waals surface area (Å²) in [6.45, 7) is 1.95. The molecule has 0 bridgehead atoms. The molecule has 0 spiro atoms. The fourth-order valence-corrected chi connectivity index (χ4v) is 0.677. The van der Waals surface area contributed by atoms with Gasteiger partial charge in [0.25, 0.3) is 0 Å². The molecule has 0 aliphatic rings. The van der Waals surface area contributed by atoms with Gasteiger partial charge in [-0.25, -0.2) is 0 Å². The number of nitrogens with zero attached hydrogens (tertiary/aromatic N) is 2. The minimum atomic E-state index is 0.0114. The first-order valence-corrected chi connectivity index (χ1v) is 3.14. The average Bonchev–Trinajstić information content (AvgIpc) is 2.34. The van der Waals surface area contributed by atoms with Gasteiger partial charge in [-0.15, -0.1) is 0 Å². The van der Waals surface area contributed by atoms with Gasteiger partial charge in [0, 0.05) is 6.20 Å². The number of aliphatic hydroxyl groups is 1. The Morgan fingerprint density at radius 2 is 2.60 bits per heavy atom. The Balaban J connectivity index is 2.74. The lowest BCUT2D eigenvalue weighted by molar-refractivity contribution is 0.230. The first-order chi connectivity index (χ1) is 4.74. The van der Waals surface area contributed by atoms with Crippen LogP contribution in [0.3, 0.4) is 0 Å². The van der Waals surface area contributed by atoms with Crippen molar-refractivity contribution in [2.24, 2.45) is 0 Å². The van der Waals surface area contributed by atoms with E-state index in [2.05, 4.69) is 5.10 Å². The highest BCUT2D eigenvalue weighted by Crippen LogP contribution is 2.05. The van der Waals surface area contributed by atoms with Crippen LogP contribution in [0, 0.1) is 0 Å². The maximum absolute atomic E-state index is 8.70. The van der Waals surface area contributed by atoms with Crippen LogP contribution in [0.15, 0.2) is 12.4 Å². The molecule has 0 saturated heterocycles. The minimum absolute atomic E-state index is 0.0114. The summed E-state index contributed by atoms with van der Waals surface area (Å²) in [5.41, 5.74) is 6.03. The Morgan fingerprint density at radius 1 is 1.90 bits per heavy atom. The van der Waals surface area contributed by atoms with Gasteiger partial charge in [-0.1, -0.05) is 0 Å². The Hall–Kier alpha value is -1.03. The smallest absolute Gasteiger partial charge is 0.0722 e. The molecule has 0 unspecified atom stereocenters. The molecule has 56 valence electrons. The van der Waals surface area contributed by atoms with E-state index in [0.29, 0.717) is 5.69 Å². The molecule has 0 fully saturated rings. The number of nitrogens with two attached hydrogens (primary N) is 1. The van der Waals surface area contributed by atoms with Crippen molar-refractivity contribution in [2.45, 2.75) is 13.0 Å². The molecule has 3 N–H and O–H groups in total. The second kappa shape index (κ2) is 2.70. The van der Waals surface area contributed by atoms with Crippen LogP contribution in [0.4, 0.5) is 5.69 Å². The van der Waals surface area contributed by atoms with Gasteiger partial charge in [-0.3, -0.25) is 4.68 Å². The summed E-state index contributed by atoms with van der Waals surface area (Å²) < 4.78 is 1.63. The van der Waals surface area contributed by atoms with Gasteiger partial charge >= 0.3 is 0 Å². The van der Waals surface area contributed by atoms with Crippen LogP contribution < -0.4 is 5.73 Å². The predicted molar refractivity (Wildman–Crippen MR) is 38.4 cm³/mol. The normalized spacial score (nSPS) is 13.4. The summed E-state index contributed by atoms with van der Waals surface area (Å²) in [6.07, 6.45) is 3.26. The number of anilines is 1. The lowest BCUT2D eigenvalue weighted by Crippen LogP contribution is -2.09. The molecule has 1 aromatic heterocycles. The van der Waals surface area contributed by atoms with E-state index in [4.69, 9.17) is 10.8 Å². The van der Waals surface area contributed by atoms with E-state index in [9.17, 15) is 0 Å². The topological polar surface area (TPSA) is 64.1 Å². The highest BCUT2D eigenvalue weighted by atomic mass is 16.3. The standard InChI is InChI=1S/C6H11N3O/c1-5(4-10)9-3-6(7)2-8-9/h2-3,5,10H,4,7H2,1H3/t5-/m1/s1. The average molecular weight is 141 g/mol. The molecule has 1 atom stereocenters. The summed E-state index contributed by atoms with van der Waals surface area (Å²) in [4.78, 5) is 0. The van der Waals surface area contributed by atoms with Crippen LogP contribution in [0.1, 0.15) is 13.0 Å². The van der Waals surface area contributed by atoms with Gasteiger partial charge in [-0.05, 0) is 6.92 Å². The molecule has 0 saturated carbocycles. The van der Waals surface area contributed by atoms with E-state index < -0.39 is 0 Å². The molecular formula is C6H11N3O. The zero-order valence-electron chi connectivity index (χ0n) is 5.86. The van der Waals surface area contributed by atoms with Gasteiger partial charge in [-0.2, -0.15) is 5.10 Å². The van der Waals surface area contributed by atoms with E-state index >= 15 is 0 Å². The van der Waals surface area contributed by atoms with Gasteiger partial charge in [0.05, 0.1) is 24.5 Å². The third kappa shape index (κ3) is 1.27. The maximum Gasteiger partial charge on any atom is 0.0722 e. The number of rotatable bonds is 2. The van der Waals surface area contributed by atoms with Crippen molar-refractivity contribution in [3.8, 4) is 0 Å². The number of nitrogen functional groups attached to an aromatic ring is 1. The Morgan fingerprint density at radius 3 is 3.00 bits per heavy atom. The quantitative estimate of drug-likeness (QED) is 0.610. The lowest BCUT2D eigenvalue weighted by Gasteiger charge is -2.06. The fourth-order valence-electron chi connectivity index (χ4n) is 0.677. The Kier molecular flexibility index (Phi) is 1.91. The van der Waals surface area contributed by atoms with Crippen LogP contribution in [-0.4, -0.2) is 21.5 Å². The lowest BCUT2D eigenvalue weighted by atomic mass is 10.4. The number of aromatic nitrogens is 2. The molecule has 1 rings (SSSR count). The third-order valence-corrected chi connectivity index (χ3v) is 1.34. The van der Waals surface area contributed by atoms with E-state index in [-0.39, 0.29) is 12.6 Å². The molecule has 4 nitrogen and oxygen atoms in total. The molecule has 0 radical (unpaired) electrons. The molecule has 1 heterocycles. The summed E-state index contributed by atoms with van der Waals surface area (Å²) in [6, 6.07) is 0.0114. The maximum atomic E-state index is 8.70. The summed E-state index contributed by atoms with van der Waals surface area (Å²) in [7, 11) is 0. The minimum Gasteiger partial charge on any atom is -0.396 e. The van der Waals surface area contributed by atoms with E-state index in [1.54, 1.807) is 17.1 Å². The van der Waals surface area contributed by atoms with Crippen molar-refractivity contribution in [3.05, 3.63) is 12.4 Å². The molecule has 0 amide bonds. The molecule has 0 aromatic carbocycles. The fraction of sp³-hybridized carbons (Fsp3) is 0.500. The summed E-state index contributed by atoms with van der Waals surface area (Å²) >= 11 is 0. The second-order valence-corrected chi connectivity index (χ2v) is 2.29. The Labute approximate surface area is 59.3 Å². The van der Waals surface area contributed by atoms with Crippen LogP contribution >= 0.6 is 0 Å². The molecular weight excluding hydrogens is 130 g/mol. The van der Waals surface area contributed by atoms with E-state index in [0.717, 1.165) is 0 Å². The van der Waals surface area contributed by atoms with Crippen molar-refractivity contribution in [1.82, 2.24) is 9.78 Å². The zero-order valence-corrected chi connectivity index (χ0v) is 5.86. The van der Waals surface area contributed by atoms with Crippen molar-refractivity contribution in [3.63, 3.8) is 0 Å². The third-order valence-electron chi connectivity index (χ3n) is 1.34. The van der Waals surface area contributed by atoms with Gasteiger partial charge < -0.3 is 10.8 Å². The second-order valence-electron chi connectivity index (χ2n) is 2.29. The van der Waals surface area contributed by atoms with Crippen molar-refractivity contribution in [2.75, 3.05) is 12.3 Å². The molecule has 0 aliphatic heterocycles. The van der Waals surface area contributed by atoms with Crippen LogP contribution in [0.2, 0.25) is 0 Å². The van der Waals surface area contributed by atoms with Crippen LogP contribution in [0.25, 0.3) is 0 Å². The number of hydrogen-bond acceptors (Lipinski definition) is 3. The number of hydrogen-bond donors (Lipinski definition) is 2. The van der Waals surface area contributed by atoms with Crippen LogP contribution in [0.5, 0.6) is 0 Å². The highest BCUT2D eigenvalue weighted by molar-refractivity contribution is 5.30. The molecule has 1 aromatic rings. The number of aliphatic hydroxyl groups excluding tert-OH is 1. The van der Waals surface area contributed by atoms with Crippen molar-refractivity contribution in [1.29, 1.82) is 0 Å². The van der Waals surface area contributed by atoms with Crippen molar-refractivity contribution < 1.29 is 5.11 Å². The molecule has 10 heavy (non-hydrogen) atoms. The largest absolute Gasteiger partial charge is 0.396 e. The first-order valence-electron chi connectivity index (χ1n) is 3.14. The van der Waals surface area contributed by atoms with E-state index in [1.807, 2.05) is 6.92 Å².